The SMILES string of the molecule is CO/N=C(/C(=O)OC)c1cccc(C)c1CO/N=C(\C)c1ccc(OC(F)(F)F)cc1F. The highest BCUT2D eigenvalue weighted by molar-refractivity contribution is 6.43. The van der Waals surface area contributed by atoms with E-state index in [1.807, 2.05) is 0 Å². The van der Waals surface area contributed by atoms with Gasteiger partial charge in [-0.3, -0.25) is 0 Å². The molecule has 7 nitrogen and oxygen atoms in total. The predicted octanol–water partition coefficient (Wildman–Crippen LogP) is 4.50. The van der Waals surface area contributed by atoms with Gasteiger partial charge in [-0.05, 0) is 31.5 Å². The molecule has 0 aliphatic rings. The molecule has 0 unspecified atom stereocenters. The standard InChI is InChI=1S/C21H20F4N2O5/c1-12-6-5-7-16(19(27-30-4)20(28)29-3)17(12)11-31-26-13(2)15-9-8-14(10-18(15)22)32-21(23,24)25/h5-10H,11H2,1-4H3/b26-13+,27-19+. The van der Waals surface area contributed by atoms with Crippen molar-refractivity contribution in [1.82, 2.24) is 0 Å². The summed E-state index contributed by atoms with van der Waals surface area (Å²) in [6.45, 7) is 3.09. The van der Waals surface area contributed by atoms with Gasteiger partial charge < -0.3 is 19.1 Å². The summed E-state index contributed by atoms with van der Waals surface area (Å²) in [5, 5.41) is 7.55. The Bertz CT molecular complexity index is 1040. The number of halogens is 4. The largest absolute Gasteiger partial charge is 0.573 e. The smallest absolute Gasteiger partial charge is 0.464 e. The lowest BCUT2D eigenvalue weighted by atomic mass is 9.99. The van der Waals surface area contributed by atoms with Crippen molar-refractivity contribution < 1.29 is 41.5 Å². The van der Waals surface area contributed by atoms with E-state index in [0.29, 0.717) is 17.2 Å². The lowest BCUT2D eigenvalue weighted by molar-refractivity contribution is -0.274. The van der Waals surface area contributed by atoms with E-state index in [1.54, 1.807) is 25.1 Å². The summed E-state index contributed by atoms with van der Waals surface area (Å²) in [6, 6.07) is 7.77. The Hall–Kier alpha value is -3.63. The van der Waals surface area contributed by atoms with Gasteiger partial charge in [0.25, 0.3) is 0 Å². The number of nitrogens with zero attached hydrogens (tertiary/aromatic N) is 2. The molecule has 0 aromatic heterocycles. The number of benzene rings is 2. The molecule has 0 N–H and O–H groups in total. The summed E-state index contributed by atoms with van der Waals surface area (Å²) in [5.74, 6) is -2.38. The molecule has 172 valence electrons. The molecule has 0 saturated heterocycles. The molecule has 32 heavy (non-hydrogen) atoms. The normalized spacial score (nSPS) is 12.4. The molecular formula is C21H20F4N2O5. The lowest BCUT2D eigenvalue weighted by Gasteiger charge is -2.13. The quantitative estimate of drug-likeness (QED) is 0.253. The second kappa shape index (κ2) is 10.6. The highest BCUT2D eigenvalue weighted by Crippen LogP contribution is 2.25. The Morgan fingerprint density at radius 2 is 1.78 bits per heavy atom. The molecule has 0 heterocycles. The van der Waals surface area contributed by atoms with Gasteiger partial charge in [0.05, 0.1) is 12.8 Å². The minimum absolute atomic E-state index is 0.0688. The Balaban J connectivity index is 2.24. The fraction of sp³-hybridized carbons (Fsp3) is 0.286. The summed E-state index contributed by atoms with van der Waals surface area (Å²) < 4.78 is 59.4. The van der Waals surface area contributed by atoms with Crippen LogP contribution < -0.4 is 4.74 Å². The fourth-order valence-electron chi connectivity index (χ4n) is 2.73. The van der Waals surface area contributed by atoms with Crippen molar-refractivity contribution in [3.63, 3.8) is 0 Å². The van der Waals surface area contributed by atoms with Crippen molar-refractivity contribution in [2.45, 2.75) is 26.8 Å². The Kier molecular flexibility index (Phi) is 8.16. The van der Waals surface area contributed by atoms with Crippen LogP contribution >= 0.6 is 0 Å². The molecule has 11 heteroatoms. The number of carbonyl (C=O) groups excluding carboxylic acids is 1. The number of hydrogen-bond donors (Lipinski definition) is 0. The Morgan fingerprint density at radius 3 is 2.38 bits per heavy atom. The number of hydrogen-bond acceptors (Lipinski definition) is 7. The average Bonchev–Trinajstić information content (AvgIpc) is 2.71. The van der Waals surface area contributed by atoms with Gasteiger partial charge in [-0.25, -0.2) is 9.18 Å². The average molecular weight is 456 g/mol. The zero-order valence-electron chi connectivity index (χ0n) is 17.6. The summed E-state index contributed by atoms with van der Waals surface area (Å²) in [5.41, 5.74) is 1.63. The van der Waals surface area contributed by atoms with Gasteiger partial charge in [0.15, 0.2) is 5.71 Å². The maximum Gasteiger partial charge on any atom is 0.573 e. The summed E-state index contributed by atoms with van der Waals surface area (Å²) >= 11 is 0. The lowest BCUT2D eigenvalue weighted by Crippen LogP contribution is -2.20. The van der Waals surface area contributed by atoms with Crippen LogP contribution in [-0.2, 0) is 25.8 Å². The first-order chi connectivity index (χ1) is 15.1. The van der Waals surface area contributed by atoms with Crippen molar-refractivity contribution in [3.8, 4) is 5.75 Å². The molecule has 0 atom stereocenters. The maximum atomic E-state index is 14.2. The number of oxime groups is 2. The number of rotatable bonds is 8. The van der Waals surface area contributed by atoms with Crippen LogP contribution in [0.5, 0.6) is 5.75 Å². The maximum absolute atomic E-state index is 14.2. The van der Waals surface area contributed by atoms with Gasteiger partial charge in [0, 0.05) is 22.8 Å². The Labute approximate surface area is 181 Å². The number of esters is 1. The number of carbonyl (C=O) groups is 1. The molecule has 0 radical (unpaired) electrons. The first-order valence-corrected chi connectivity index (χ1v) is 9.08. The van der Waals surface area contributed by atoms with E-state index in [4.69, 9.17) is 14.4 Å². The topological polar surface area (TPSA) is 78.7 Å². The van der Waals surface area contributed by atoms with Crippen LogP contribution in [-0.4, -0.2) is 38.0 Å². The molecule has 2 aromatic carbocycles. The highest BCUT2D eigenvalue weighted by Gasteiger charge is 2.31. The fourth-order valence-corrected chi connectivity index (χ4v) is 2.73. The second-order valence-corrected chi connectivity index (χ2v) is 6.35. The van der Waals surface area contributed by atoms with Crippen LogP contribution in [0.25, 0.3) is 0 Å². The van der Waals surface area contributed by atoms with Crippen molar-refractivity contribution in [2.24, 2.45) is 10.3 Å². The van der Waals surface area contributed by atoms with E-state index < -0.39 is 23.9 Å². The van der Waals surface area contributed by atoms with Crippen LogP contribution in [0.15, 0.2) is 46.7 Å². The zero-order valence-corrected chi connectivity index (χ0v) is 17.6. The van der Waals surface area contributed by atoms with E-state index >= 15 is 0 Å². The Morgan fingerprint density at radius 1 is 1.06 bits per heavy atom. The number of ether oxygens (including phenoxy) is 2. The third-order valence-corrected chi connectivity index (χ3v) is 4.20. The number of aryl methyl sites for hydroxylation is 1. The van der Waals surface area contributed by atoms with Crippen molar-refractivity contribution >= 4 is 17.4 Å². The van der Waals surface area contributed by atoms with E-state index in [9.17, 15) is 22.4 Å². The summed E-state index contributed by atoms with van der Waals surface area (Å²) in [7, 11) is 2.48. The molecule has 0 fully saturated rings. The molecule has 0 amide bonds. The van der Waals surface area contributed by atoms with Crippen LogP contribution in [0.2, 0.25) is 0 Å². The zero-order chi connectivity index (χ0) is 23.9. The first kappa shape index (κ1) is 24.6. The molecule has 0 saturated carbocycles. The monoisotopic (exact) mass is 456 g/mol. The molecule has 0 aliphatic carbocycles. The van der Waals surface area contributed by atoms with Gasteiger partial charge in [-0.2, -0.15) is 0 Å². The van der Waals surface area contributed by atoms with E-state index in [-0.39, 0.29) is 23.6 Å². The van der Waals surface area contributed by atoms with Crippen LogP contribution in [0.1, 0.15) is 29.2 Å². The van der Waals surface area contributed by atoms with E-state index in [0.717, 1.165) is 17.7 Å². The predicted molar refractivity (Wildman–Crippen MR) is 107 cm³/mol. The van der Waals surface area contributed by atoms with Gasteiger partial charge in [0.2, 0.25) is 0 Å². The highest BCUT2D eigenvalue weighted by atomic mass is 19.4. The molecule has 2 aromatic rings. The third-order valence-electron chi connectivity index (χ3n) is 4.20. The number of methoxy groups -OCH3 is 1. The molecule has 0 aliphatic heterocycles. The van der Waals surface area contributed by atoms with Crippen LogP contribution in [0, 0.1) is 12.7 Å². The molecule has 0 spiro atoms. The van der Waals surface area contributed by atoms with Crippen molar-refractivity contribution in [3.05, 3.63) is 64.5 Å². The first-order valence-electron chi connectivity index (χ1n) is 9.08. The van der Waals surface area contributed by atoms with Gasteiger partial charge in [-0.15, -0.1) is 13.2 Å². The van der Waals surface area contributed by atoms with Gasteiger partial charge in [-0.1, -0.05) is 28.5 Å². The minimum Gasteiger partial charge on any atom is -0.464 e. The summed E-state index contributed by atoms with van der Waals surface area (Å²) in [4.78, 5) is 22.1. The minimum atomic E-state index is -4.93. The van der Waals surface area contributed by atoms with Crippen LogP contribution in [0.3, 0.4) is 0 Å². The van der Waals surface area contributed by atoms with Crippen molar-refractivity contribution in [2.75, 3.05) is 14.2 Å². The van der Waals surface area contributed by atoms with Crippen molar-refractivity contribution in [1.29, 1.82) is 0 Å². The number of alkyl halides is 3. The van der Waals surface area contributed by atoms with Gasteiger partial charge >= 0.3 is 12.3 Å². The van der Waals surface area contributed by atoms with Gasteiger partial charge in [0.1, 0.15) is 25.3 Å². The molecule has 2 rings (SSSR count). The molecule has 0 bridgehead atoms. The van der Waals surface area contributed by atoms with Crippen LogP contribution in [0.4, 0.5) is 17.6 Å². The second-order valence-electron chi connectivity index (χ2n) is 6.35. The van der Waals surface area contributed by atoms with E-state index in [2.05, 4.69) is 15.0 Å². The third kappa shape index (κ3) is 6.43. The molecular weight excluding hydrogens is 436 g/mol. The van der Waals surface area contributed by atoms with E-state index in [1.165, 1.54) is 21.1 Å². The summed E-state index contributed by atoms with van der Waals surface area (Å²) in [6.07, 6.45) is -4.93.